The number of rotatable bonds is 5. The van der Waals surface area contributed by atoms with Gasteiger partial charge in [-0.15, -0.1) is 0 Å². The molecule has 1 fully saturated rings. The number of hydrogen-bond donors (Lipinski definition) is 1. The summed E-state index contributed by atoms with van der Waals surface area (Å²) in [5.74, 6) is 1.02. The fourth-order valence-electron chi connectivity index (χ4n) is 2.79. The Morgan fingerprint density at radius 3 is 2.44 bits per heavy atom. The van der Waals surface area contributed by atoms with Crippen LogP contribution in [0.2, 0.25) is 0 Å². The molecule has 1 N–H and O–H groups in total. The molecular formula is C16H23NO. The van der Waals surface area contributed by atoms with Crippen LogP contribution in [0.4, 0.5) is 5.69 Å². The molecule has 1 saturated carbocycles. The molecule has 0 amide bonds. The minimum Gasteiger partial charge on any atom is -0.382 e. The van der Waals surface area contributed by atoms with E-state index in [9.17, 15) is 4.79 Å². The van der Waals surface area contributed by atoms with Gasteiger partial charge in [0.2, 0.25) is 0 Å². The minimum absolute atomic E-state index is 0.213. The number of hydrogen-bond acceptors (Lipinski definition) is 2. The van der Waals surface area contributed by atoms with Crippen LogP contribution in [-0.2, 0) is 0 Å². The molecule has 0 saturated heterocycles. The second-order valence-corrected chi connectivity index (χ2v) is 5.33. The van der Waals surface area contributed by atoms with Crippen LogP contribution in [0, 0.1) is 5.92 Å². The summed E-state index contributed by atoms with van der Waals surface area (Å²) in [4.78, 5) is 11.5. The molecule has 1 aromatic carbocycles. The SMILES string of the molecule is CCC(=O)c1ccc(NC(C)C2CCCC2)cc1. The Morgan fingerprint density at radius 2 is 1.89 bits per heavy atom. The first-order valence-electron chi connectivity index (χ1n) is 7.10. The van der Waals surface area contributed by atoms with Crippen LogP contribution in [-0.4, -0.2) is 11.8 Å². The van der Waals surface area contributed by atoms with Crippen molar-refractivity contribution >= 4 is 11.5 Å². The van der Waals surface area contributed by atoms with E-state index in [2.05, 4.69) is 12.2 Å². The first-order valence-corrected chi connectivity index (χ1v) is 7.10. The smallest absolute Gasteiger partial charge is 0.162 e. The minimum atomic E-state index is 0.213. The Morgan fingerprint density at radius 1 is 1.28 bits per heavy atom. The van der Waals surface area contributed by atoms with E-state index in [1.54, 1.807) is 0 Å². The average molecular weight is 245 g/mol. The van der Waals surface area contributed by atoms with Crippen LogP contribution >= 0.6 is 0 Å². The lowest BCUT2D eigenvalue weighted by molar-refractivity contribution is 0.0988. The van der Waals surface area contributed by atoms with Crippen molar-refractivity contribution in [1.82, 2.24) is 0 Å². The molecule has 0 aliphatic heterocycles. The van der Waals surface area contributed by atoms with Gasteiger partial charge in [0.1, 0.15) is 0 Å². The number of nitrogens with one attached hydrogen (secondary N) is 1. The number of anilines is 1. The maximum atomic E-state index is 11.5. The Hall–Kier alpha value is -1.31. The van der Waals surface area contributed by atoms with Crippen LogP contribution in [0.1, 0.15) is 56.3 Å². The van der Waals surface area contributed by atoms with E-state index < -0.39 is 0 Å². The molecular weight excluding hydrogens is 222 g/mol. The van der Waals surface area contributed by atoms with E-state index in [0.29, 0.717) is 12.5 Å². The number of benzene rings is 1. The lowest BCUT2D eigenvalue weighted by atomic mass is 9.99. The van der Waals surface area contributed by atoms with Gasteiger partial charge in [-0.1, -0.05) is 19.8 Å². The molecule has 1 aliphatic carbocycles. The molecule has 1 aromatic rings. The van der Waals surface area contributed by atoms with Crippen molar-refractivity contribution < 1.29 is 4.79 Å². The van der Waals surface area contributed by atoms with Gasteiger partial charge >= 0.3 is 0 Å². The van der Waals surface area contributed by atoms with E-state index in [4.69, 9.17) is 0 Å². The maximum Gasteiger partial charge on any atom is 0.162 e. The van der Waals surface area contributed by atoms with Crippen molar-refractivity contribution in [2.24, 2.45) is 5.92 Å². The quantitative estimate of drug-likeness (QED) is 0.785. The average Bonchev–Trinajstić information content (AvgIpc) is 2.92. The number of Topliss-reactive ketones (excluding diaryl/α,β-unsaturated/α-hetero) is 1. The van der Waals surface area contributed by atoms with E-state index in [-0.39, 0.29) is 5.78 Å². The fourth-order valence-corrected chi connectivity index (χ4v) is 2.79. The largest absolute Gasteiger partial charge is 0.382 e. The summed E-state index contributed by atoms with van der Waals surface area (Å²) in [5.41, 5.74) is 1.94. The third kappa shape index (κ3) is 3.12. The molecule has 2 nitrogen and oxygen atoms in total. The van der Waals surface area contributed by atoms with Crippen LogP contribution in [0.25, 0.3) is 0 Å². The zero-order chi connectivity index (χ0) is 13.0. The van der Waals surface area contributed by atoms with Crippen LogP contribution < -0.4 is 5.32 Å². The third-order valence-electron chi connectivity index (χ3n) is 4.03. The third-order valence-corrected chi connectivity index (χ3v) is 4.03. The number of carbonyl (C=O) groups excluding carboxylic acids is 1. The molecule has 18 heavy (non-hydrogen) atoms. The summed E-state index contributed by atoms with van der Waals surface area (Å²) in [5, 5.41) is 3.56. The lowest BCUT2D eigenvalue weighted by Gasteiger charge is -2.21. The van der Waals surface area contributed by atoms with Crippen LogP contribution in [0.5, 0.6) is 0 Å². The van der Waals surface area contributed by atoms with Gasteiger partial charge in [0, 0.05) is 23.7 Å². The van der Waals surface area contributed by atoms with E-state index in [0.717, 1.165) is 17.2 Å². The molecule has 0 radical (unpaired) electrons. The molecule has 0 spiro atoms. The summed E-state index contributed by atoms with van der Waals surface area (Å²) >= 11 is 0. The second kappa shape index (κ2) is 6.03. The number of ketones is 1. The molecule has 0 bridgehead atoms. The zero-order valence-electron chi connectivity index (χ0n) is 11.4. The molecule has 2 rings (SSSR count). The van der Waals surface area contributed by atoms with Gasteiger partial charge in [-0.3, -0.25) is 4.79 Å². The van der Waals surface area contributed by atoms with Crippen LogP contribution in [0.3, 0.4) is 0 Å². The highest BCUT2D eigenvalue weighted by atomic mass is 16.1. The monoisotopic (exact) mass is 245 g/mol. The maximum absolute atomic E-state index is 11.5. The number of carbonyl (C=O) groups is 1. The molecule has 2 heteroatoms. The van der Waals surface area contributed by atoms with Gasteiger partial charge in [-0.05, 0) is 49.9 Å². The van der Waals surface area contributed by atoms with Gasteiger partial charge in [0.05, 0.1) is 0 Å². The molecule has 0 heterocycles. The highest BCUT2D eigenvalue weighted by Gasteiger charge is 2.21. The van der Waals surface area contributed by atoms with E-state index >= 15 is 0 Å². The summed E-state index contributed by atoms with van der Waals surface area (Å²) in [6, 6.07) is 8.42. The summed E-state index contributed by atoms with van der Waals surface area (Å²) in [6.45, 7) is 4.16. The lowest BCUT2D eigenvalue weighted by Crippen LogP contribution is -2.23. The van der Waals surface area contributed by atoms with Gasteiger partial charge in [0.25, 0.3) is 0 Å². The van der Waals surface area contributed by atoms with Crippen molar-refractivity contribution in [1.29, 1.82) is 0 Å². The van der Waals surface area contributed by atoms with Crippen molar-refractivity contribution in [3.63, 3.8) is 0 Å². The topological polar surface area (TPSA) is 29.1 Å². The molecule has 0 aromatic heterocycles. The first kappa shape index (κ1) is 13.1. The summed E-state index contributed by atoms with van der Waals surface area (Å²) < 4.78 is 0. The van der Waals surface area contributed by atoms with E-state index in [1.165, 1.54) is 25.7 Å². The summed E-state index contributed by atoms with van der Waals surface area (Å²) in [7, 11) is 0. The Balaban J connectivity index is 1.95. The second-order valence-electron chi connectivity index (χ2n) is 5.33. The standard InChI is InChI=1S/C16H23NO/c1-3-16(18)14-8-10-15(11-9-14)17-12(2)13-6-4-5-7-13/h8-13,17H,3-7H2,1-2H3. The molecule has 98 valence electrons. The first-order chi connectivity index (χ1) is 8.70. The van der Waals surface area contributed by atoms with Gasteiger partial charge < -0.3 is 5.32 Å². The zero-order valence-corrected chi connectivity index (χ0v) is 11.4. The normalized spacial score (nSPS) is 17.7. The highest BCUT2D eigenvalue weighted by Crippen LogP contribution is 2.29. The fraction of sp³-hybridized carbons (Fsp3) is 0.562. The predicted molar refractivity (Wildman–Crippen MR) is 76.1 cm³/mol. The molecule has 1 unspecified atom stereocenters. The van der Waals surface area contributed by atoms with Gasteiger partial charge in [0.15, 0.2) is 5.78 Å². The van der Waals surface area contributed by atoms with E-state index in [1.807, 2.05) is 31.2 Å². The summed E-state index contributed by atoms with van der Waals surface area (Å²) in [6.07, 6.45) is 6.02. The Bertz CT molecular complexity index is 390. The van der Waals surface area contributed by atoms with Crippen molar-refractivity contribution in [2.75, 3.05) is 5.32 Å². The van der Waals surface area contributed by atoms with Crippen molar-refractivity contribution in [2.45, 2.75) is 52.0 Å². The van der Waals surface area contributed by atoms with Crippen LogP contribution in [0.15, 0.2) is 24.3 Å². The van der Waals surface area contributed by atoms with Crippen molar-refractivity contribution in [3.8, 4) is 0 Å². The molecule has 1 atom stereocenters. The Kier molecular flexibility index (Phi) is 4.40. The van der Waals surface area contributed by atoms with Gasteiger partial charge in [-0.2, -0.15) is 0 Å². The highest BCUT2D eigenvalue weighted by molar-refractivity contribution is 5.96. The molecule has 1 aliphatic rings. The van der Waals surface area contributed by atoms with Gasteiger partial charge in [-0.25, -0.2) is 0 Å². The Labute approximate surface area is 110 Å². The van der Waals surface area contributed by atoms with Crippen molar-refractivity contribution in [3.05, 3.63) is 29.8 Å². The predicted octanol–water partition coefficient (Wildman–Crippen LogP) is 4.27.